The maximum Gasteiger partial charge on any atom is 0.230 e. The zero-order valence-electron chi connectivity index (χ0n) is 15.8. The highest BCUT2D eigenvalue weighted by atomic mass is 32.1. The molecule has 0 spiro atoms. The fourth-order valence-electron chi connectivity index (χ4n) is 2.48. The molecule has 0 bridgehead atoms. The lowest BCUT2D eigenvalue weighted by Crippen LogP contribution is -2.35. The van der Waals surface area contributed by atoms with Crippen LogP contribution in [0.5, 0.6) is 5.75 Å². The molecule has 0 fully saturated rings. The van der Waals surface area contributed by atoms with Gasteiger partial charge in [0.15, 0.2) is 5.11 Å². The Bertz CT molecular complexity index is 988. The minimum absolute atomic E-state index is 0.194. The lowest BCUT2D eigenvalue weighted by molar-refractivity contribution is -0.119. The van der Waals surface area contributed by atoms with Crippen molar-refractivity contribution in [3.63, 3.8) is 0 Å². The molecule has 0 heterocycles. The van der Waals surface area contributed by atoms with Crippen LogP contribution in [0.3, 0.4) is 0 Å². The van der Waals surface area contributed by atoms with Gasteiger partial charge < -0.3 is 15.4 Å². The highest BCUT2D eigenvalue weighted by molar-refractivity contribution is 7.80. The molecule has 3 aromatic rings. The van der Waals surface area contributed by atoms with Crippen LogP contribution in [0.1, 0.15) is 5.56 Å². The second-order valence-corrected chi connectivity index (χ2v) is 6.52. The third-order valence-electron chi connectivity index (χ3n) is 3.94. The number of rotatable bonds is 6. The lowest BCUT2D eigenvalue weighted by Gasteiger charge is -2.10. The molecule has 0 unspecified atom stereocenters. The van der Waals surface area contributed by atoms with Crippen molar-refractivity contribution >= 4 is 40.3 Å². The average Bonchev–Trinajstić information content (AvgIpc) is 2.74. The Labute approximate surface area is 174 Å². The van der Waals surface area contributed by atoms with E-state index in [1.165, 1.54) is 0 Å². The van der Waals surface area contributed by atoms with Gasteiger partial charge in [0.2, 0.25) is 5.91 Å². The van der Waals surface area contributed by atoms with Crippen LogP contribution in [0.15, 0.2) is 89.1 Å². The number of benzene rings is 3. The van der Waals surface area contributed by atoms with E-state index in [1.54, 1.807) is 7.11 Å². The topological polar surface area (TPSA) is 75.1 Å². The third-order valence-corrected chi connectivity index (χ3v) is 4.14. The van der Waals surface area contributed by atoms with Crippen molar-refractivity contribution in [2.24, 2.45) is 10.2 Å². The van der Waals surface area contributed by atoms with Gasteiger partial charge in [0.05, 0.1) is 24.9 Å². The van der Waals surface area contributed by atoms with Gasteiger partial charge in [-0.15, -0.1) is 0 Å². The quantitative estimate of drug-likeness (QED) is 0.439. The number of amides is 1. The summed E-state index contributed by atoms with van der Waals surface area (Å²) in [4.78, 5) is 12.1. The van der Waals surface area contributed by atoms with E-state index in [-0.39, 0.29) is 17.4 Å². The Hall–Kier alpha value is -3.58. The normalized spacial score (nSPS) is 10.5. The number of carbonyl (C=O) groups is 1. The van der Waals surface area contributed by atoms with Crippen molar-refractivity contribution < 1.29 is 9.53 Å². The number of anilines is 1. The molecule has 0 aliphatic heterocycles. The monoisotopic (exact) mass is 404 g/mol. The van der Waals surface area contributed by atoms with Crippen molar-refractivity contribution in [3.05, 3.63) is 84.4 Å². The van der Waals surface area contributed by atoms with Crippen LogP contribution in [-0.4, -0.2) is 18.1 Å². The smallest absolute Gasteiger partial charge is 0.230 e. The van der Waals surface area contributed by atoms with Crippen molar-refractivity contribution in [1.29, 1.82) is 0 Å². The number of azo groups is 1. The van der Waals surface area contributed by atoms with E-state index in [9.17, 15) is 4.79 Å². The molecule has 0 aromatic heterocycles. The van der Waals surface area contributed by atoms with Gasteiger partial charge in [-0.2, -0.15) is 10.2 Å². The van der Waals surface area contributed by atoms with Crippen molar-refractivity contribution in [3.8, 4) is 5.75 Å². The second kappa shape index (κ2) is 10.1. The Morgan fingerprint density at radius 2 is 1.52 bits per heavy atom. The highest BCUT2D eigenvalue weighted by Crippen LogP contribution is 2.20. The summed E-state index contributed by atoms with van der Waals surface area (Å²) in [6, 6.07) is 24.1. The predicted molar refractivity (Wildman–Crippen MR) is 118 cm³/mol. The first-order valence-corrected chi connectivity index (χ1v) is 9.34. The molecule has 146 valence electrons. The molecule has 2 N–H and O–H groups in total. The van der Waals surface area contributed by atoms with Crippen molar-refractivity contribution in [2.75, 3.05) is 12.4 Å². The number of thiocarbonyl (C=S) groups is 1. The molecule has 0 saturated carbocycles. The minimum Gasteiger partial charge on any atom is -0.497 e. The number of hydrogen-bond donors (Lipinski definition) is 2. The lowest BCUT2D eigenvalue weighted by atomic mass is 10.1. The van der Waals surface area contributed by atoms with E-state index >= 15 is 0 Å². The number of nitrogens with zero attached hydrogens (tertiary/aromatic N) is 2. The largest absolute Gasteiger partial charge is 0.497 e. The maximum atomic E-state index is 12.1. The summed E-state index contributed by atoms with van der Waals surface area (Å²) in [5, 5.41) is 14.3. The Balaban J connectivity index is 1.49. The van der Waals surface area contributed by atoms with Crippen LogP contribution in [0.4, 0.5) is 17.1 Å². The van der Waals surface area contributed by atoms with Gasteiger partial charge in [-0.25, -0.2) is 0 Å². The molecule has 0 saturated heterocycles. The predicted octanol–water partition coefficient (Wildman–Crippen LogP) is 5.17. The zero-order valence-corrected chi connectivity index (χ0v) is 16.6. The van der Waals surface area contributed by atoms with Gasteiger partial charge in [0, 0.05) is 5.69 Å². The number of carbonyl (C=O) groups excluding carboxylic acids is 1. The Morgan fingerprint density at radius 1 is 0.897 bits per heavy atom. The SMILES string of the molecule is COc1ccc(CC(=O)NC(=S)Nc2ccc(N=Nc3ccccc3)cc2)cc1. The van der Waals surface area contributed by atoms with Gasteiger partial charge >= 0.3 is 0 Å². The second-order valence-electron chi connectivity index (χ2n) is 6.11. The minimum atomic E-state index is -0.194. The fourth-order valence-corrected chi connectivity index (χ4v) is 2.72. The number of nitrogens with one attached hydrogen (secondary N) is 2. The standard InChI is InChI=1S/C22H20N4O2S/c1-28-20-13-7-16(8-14-20)15-21(27)24-22(29)23-17-9-11-19(12-10-17)26-25-18-5-3-2-4-6-18/h2-14H,15H2,1H3,(H2,23,24,27,29). The molecule has 0 aliphatic rings. The third kappa shape index (κ3) is 6.51. The summed E-state index contributed by atoms with van der Waals surface area (Å²) >= 11 is 5.21. The Morgan fingerprint density at radius 3 is 2.14 bits per heavy atom. The summed E-state index contributed by atoms with van der Waals surface area (Å²) in [5.74, 6) is 0.555. The number of methoxy groups -OCH3 is 1. The van der Waals surface area contributed by atoms with Gasteiger partial charge in [-0.05, 0) is 66.3 Å². The number of hydrogen-bond acceptors (Lipinski definition) is 5. The summed E-state index contributed by atoms with van der Waals surface area (Å²) < 4.78 is 5.11. The van der Waals surface area contributed by atoms with E-state index in [0.717, 1.165) is 22.7 Å². The molecule has 29 heavy (non-hydrogen) atoms. The number of ether oxygens (including phenoxy) is 1. The summed E-state index contributed by atoms with van der Waals surface area (Å²) in [7, 11) is 1.60. The molecule has 6 nitrogen and oxygen atoms in total. The first-order valence-electron chi connectivity index (χ1n) is 8.93. The van der Waals surface area contributed by atoms with Crippen LogP contribution in [0.25, 0.3) is 0 Å². The fraction of sp³-hybridized carbons (Fsp3) is 0.0909. The van der Waals surface area contributed by atoms with E-state index in [4.69, 9.17) is 17.0 Å². The molecular weight excluding hydrogens is 384 g/mol. The average molecular weight is 404 g/mol. The van der Waals surface area contributed by atoms with Gasteiger partial charge in [-0.3, -0.25) is 4.79 Å². The van der Waals surface area contributed by atoms with E-state index in [0.29, 0.717) is 5.69 Å². The first kappa shape index (κ1) is 20.2. The highest BCUT2D eigenvalue weighted by Gasteiger charge is 2.07. The molecule has 1 amide bonds. The van der Waals surface area contributed by atoms with Crippen molar-refractivity contribution in [1.82, 2.24) is 5.32 Å². The van der Waals surface area contributed by atoms with Crippen LogP contribution in [0.2, 0.25) is 0 Å². The summed E-state index contributed by atoms with van der Waals surface area (Å²) in [5.41, 5.74) is 3.13. The van der Waals surface area contributed by atoms with Crippen LogP contribution >= 0.6 is 12.2 Å². The van der Waals surface area contributed by atoms with Crippen LogP contribution in [-0.2, 0) is 11.2 Å². The van der Waals surface area contributed by atoms with Gasteiger partial charge in [0.25, 0.3) is 0 Å². The molecule has 0 radical (unpaired) electrons. The summed E-state index contributed by atoms with van der Waals surface area (Å²) in [6.45, 7) is 0. The first-order chi connectivity index (χ1) is 14.1. The summed E-state index contributed by atoms with van der Waals surface area (Å²) in [6.07, 6.45) is 0.227. The molecule has 3 rings (SSSR count). The molecular formula is C22H20N4O2S. The van der Waals surface area contributed by atoms with Crippen LogP contribution < -0.4 is 15.4 Å². The molecule has 0 aliphatic carbocycles. The zero-order chi connectivity index (χ0) is 20.5. The maximum absolute atomic E-state index is 12.1. The molecule has 3 aromatic carbocycles. The van der Waals surface area contributed by atoms with E-state index < -0.39 is 0 Å². The molecule has 0 atom stereocenters. The Kier molecular flexibility index (Phi) is 7.02. The van der Waals surface area contributed by atoms with E-state index in [1.807, 2.05) is 78.9 Å². The van der Waals surface area contributed by atoms with Gasteiger partial charge in [-0.1, -0.05) is 30.3 Å². The van der Waals surface area contributed by atoms with Gasteiger partial charge in [0.1, 0.15) is 5.75 Å². The van der Waals surface area contributed by atoms with Crippen molar-refractivity contribution in [2.45, 2.75) is 6.42 Å². The molecule has 7 heteroatoms. The van der Waals surface area contributed by atoms with Crippen LogP contribution in [0, 0.1) is 0 Å². The van der Waals surface area contributed by atoms with E-state index in [2.05, 4.69) is 20.9 Å².